The molecule has 25 heavy (non-hydrogen) atoms. The van der Waals surface area contributed by atoms with Crippen molar-refractivity contribution >= 4 is 22.5 Å². The van der Waals surface area contributed by atoms with Crippen LogP contribution < -0.4 is 5.32 Å². The Hall–Kier alpha value is -1.95. The summed E-state index contributed by atoms with van der Waals surface area (Å²) in [4.78, 5) is 12.6. The van der Waals surface area contributed by atoms with E-state index in [1.165, 1.54) is 5.56 Å². The fourth-order valence-electron chi connectivity index (χ4n) is 3.35. The second kappa shape index (κ2) is 7.12. The third-order valence-electron chi connectivity index (χ3n) is 4.85. The molecule has 0 spiro atoms. The molecule has 2 aromatic rings. The molecule has 2 heterocycles. The van der Waals surface area contributed by atoms with Gasteiger partial charge in [0.1, 0.15) is 5.82 Å². The Morgan fingerprint density at radius 3 is 2.64 bits per heavy atom. The van der Waals surface area contributed by atoms with E-state index in [-0.39, 0.29) is 11.8 Å². The molecular weight excluding hydrogens is 334 g/mol. The number of anilines is 1. The van der Waals surface area contributed by atoms with Gasteiger partial charge in [-0.2, -0.15) is 5.10 Å². The number of amides is 1. The van der Waals surface area contributed by atoms with Crippen molar-refractivity contribution in [1.29, 1.82) is 0 Å². The second-order valence-electron chi connectivity index (χ2n) is 6.71. The molecule has 0 saturated carbocycles. The molecule has 0 fully saturated rings. The van der Waals surface area contributed by atoms with Gasteiger partial charge in [-0.3, -0.25) is 9.00 Å². The van der Waals surface area contributed by atoms with Crippen LogP contribution in [0.1, 0.15) is 49.1 Å². The molecular formula is C19H25N3O2S. The molecule has 1 atom stereocenters. The van der Waals surface area contributed by atoms with E-state index in [4.69, 9.17) is 0 Å². The first-order chi connectivity index (χ1) is 11.9. The Morgan fingerprint density at radius 1 is 1.28 bits per heavy atom. The number of rotatable bonds is 5. The summed E-state index contributed by atoms with van der Waals surface area (Å²) in [6.07, 6.45) is 1.60. The van der Waals surface area contributed by atoms with Crippen LogP contribution in [0.15, 0.2) is 18.2 Å². The Bertz CT molecular complexity index is 837. The first-order valence-corrected chi connectivity index (χ1v) is 10.3. The first-order valence-electron chi connectivity index (χ1n) is 8.78. The van der Waals surface area contributed by atoms with Crippen LogP contribution in [-0.2, 0) is 27.1 Å². The van der Waals surface area contributed by atoms with Crippen LogP contribution in [-0.4, -0.2) is 19.9 Å². The molecule has 1 aliphatic heterocycles. The zero-order valence-electron chi connectivity index (χ0n) is 15.3. The van der Waals surface area contributed by atoms with Crippen molar-refractivity contribution in [1.82, 2.24) is 9.78 Å². The lowest BCUT2D eigenvalue weighted by Crippen LogP contribution is -2.24. The molecule has 3 rings (SSSR count). The average molecular weight is 359 g/mol. The van der Waals surface area contributed by atoms with Gasteiger partial charge in [0.25, 0.3) is 0 Å². The third-order valence-corrected chi connectivity index (χ3v) is 6.05. The first kappa shape index (κ1) is 17.9. The van der Waals surface area contributed by atoms with Gasteiger partial charge >= 0.3 is 0 Å². The number of nitrogens with one attached hydrogen (secondary N) is 1. The molecule has 0 bridgehead atoms. The lowest BCUT2D eigenvalue weighted by Gasteiger charge is -2.16. The SMILES string of the molecule is CCC(CC)C(=O)Nc1c2c(nn1-c1ccc(C)cc1C)CS(=O)C2. The molecule has 6 heteroatoms. The van der Waals surface area contributed by atoms with Crippen molar-refractivity contribution in [2.24, 2.45) is 5.92 Å². The smallest absolute Gasteiger partial charge is 0.228 e. The largest absolute Gasteiger partial charge is 0.310 e. The molecule has 1 unspecified atom stereocenters. The summed E-state index contributed by atoms with van der Waals surface area (Å²) in [6.45, 7) is 8.14. The van der Waals surface area contributed by atoms with E-state index in [0.717, 1.165) is 35.3 Å². The fraction of sp³-hybridized carbons (Fsp3) is 0.474. The summed E-state index contributed by atoms with van der Waals surface area (Å²) in [5.74, 6) is 1.59. The van der Waals surface area contributed by atoms with Crippen molar-refractivity contribution in [3.8, 4) is 5.69 Å². The normalized spacial score (nSPS) is 16.3. The Morgan fingerprint density at radius 2 is 2.00 bits per heavy atom. The maximum atomic E-state index is 12.6. The van der Waals surface area contributed by atoms with Gasteiger partial charge in [0.2, 0.25) is 5.91 Å². The van der Waals surface area contributed by atoms with Crippen molar-refractivity contribution < 1.29 is 9.00 Å². The van der Waals surface area contributed by atoms with E-state index in [1.54, 1.807) is 0 Å². The van der Waals surface area contributed by atoms with Crippen LogP contribution in [0.5, 0.6) is 0 Å². The molecule has 134 valence electrons. The van der Waals surface area contributed by atoms with E-state index >= 15 is 0 Å². The molecule has 1 amide bonds. The number of fused-ring (bicyclic) bond motifs is 1. The molecule has 1 aromatic carbocycles. The number of carbonyl (C=O) groups is 1. The average Bonchev–Trinajstić information content (AvgIpc) is 3.06. The predicted molar refractivity (Wildman–Crippen MR) is 101 cm³/mol. The second-order valence-corrected chi connectivity index (χ2v) is 8.16. The number of hydrogen-bond acceptors (Lipinski definition) is 3. The van der Waals surface area contributed by atoms with Crippen LogP contribution in [0.3, 0.4) is 0 Å². The van der Waals surface area contributed by atoms with Gasteiger partial charge in [0, 0.05) is 22.3 Å². The van der Waals surface area contributed by atoms with Gasteiger partial charge in [0.15, 0.2) is 0 Å². The van der Waals surface area contributed by atoms with Gasteiger partial charge in [-0.25, -0.2) is 4.68 Å². The standard InChI is InChI=1S/C19H25N3O2S/c1-5-14(6-2)19(23)20-18-15-10-25(24)11-16(15)21-22(18)17-8-7-12(3)9-13(17)4/h7-9,14H,5-6,10-11H2,1-4H3,(H,20,23). The van der Waals surface area contributed by atoms with Crippen molar-refractivity contribution in [2.45, 2.75) is 52.0 Å². The van der Waals surface area contributed by atoms with Gasteiger partial charge < -0.3 is 5.32 Å². The number of benzene rings is 1. The minimum atomic E-state index is -0.928. The summed E-state index contributed by atoms with van der Waals surface area (Å²) >= 11 is 0. The molecule has 1 N–H and O–H groups in total. The fourth-order valence-corrected chi connectivity index (χ4v) is 4.62. The number of aromatic nitrogens is 2. The van der Waals surface area contributed by atoms with E-state index in [0.29, 0.717) is 17.3 Å². The van der Waals surface area contributed by atoms with E-state index in [1.807, 2.05) is 37.6 Å². The lowest BCUT2D eigenvalue weighted by atomic mass is 10.0. The van der Waals surface area contributed by atoms with Crippen LogP contribution in [0.25, 0.3) is 5.69 Å². The van der Waals surface area contributed by atoms with E-state index < -0.39 is 10.8 Å². The molecule has 0 saturated heterocycles. The van der Waals surface area contributed by atoms with Crippen LogP contribution in [0.2, 0.25) is 0 Å². The summed E-state index contributed by atoms with van der Waals surface area (Å²) in [5.41, 5.74) is 4.98. The van der Waals surface area contributed by atoms with Crippen LogP contribution in [0.4, 0.5) is 5.82 Å². The van der Waals surface area contributed by atoms with Crippen molar-refractivity contribution in [3.05, 3.63) is 40.6 Å². The summed E-state index contributed by atoms with van der Waals surface area (Å²) in [5, 5.41) is 7.76. The van der Waals surface area contributed by atoms with Crippen LogP contribution >= 0.6 is 0 Å². The zero-order valence-corrected chi connectivity index (χ0v) is 16.1. The minimum Gasteiger partial charge on any atom is -0.310 e. The number of aryl methyl sites for hydroxylation is 2. The van der Waals surface area contributed by atoms with Crippen molar-refractivity contribution in [2.75, 3.05) is 5.32 Å². The molecule has 0 radical (unpaired) electrons. The third kappa shape index (κ3) is 3.40. The number of nitrogens with zero attached hydrogens (tertiary/aromatic N) is 2. The number of carbonyl (C=O) groups excluding carboxylic acids is 1. The van der Waals surface area contributed by atoms with E-state index in [2.05, 4.69) is 23.4 Å². The predicted octanol–water partition coefficient (Wildman–Crippen LogP) is 3.63. The zero-order chi connectivity index (χ0) is 18.1. The molecule has 1 aromatic heterocycles. The highest BCUT2D eigenvalue weighted by Gasteiger charge is 2.29. The maximum absolute atomic E-state index is 12.6. The minimum absolute atomic E-state index is 0.0106. The maximum Gasteiger partial charge on any atom is 0.228 e. The number of hydrogen-bond donors (Lipinski definition) is 1. The lowest BCUT2D eigenvalue weighted by molar-refractivity contribution is -0.120. The van der Waals surface area contributed by atoms with Gasteiger partial charge in [-0.1, -0.05) is 31.5 Å². The quantitative estimate of drug-likeness (QED) is 0.887. The summed E-state index contributed by atoms with van der Waals surface area (Å²) in [7, 11) is -0.928. The monoisotopic (exact) mass is 359 g/mol. The summed E-state index contributed by atoms with van der Waals surface area (Å²) in [6, 6.07) is 6.17. The molecule has 5 nitrogen and oxygen atoms in total. The Balaban J connectivity index is 2.06. The highest BCUT2D eigenvalue weighted by molar-refractivity contribution is 7.83. The van der Waals surface area contributed by atoms with Crippen LogP contribution in [0, 0.1) is 19.8 Å². The van der Waals surface area contributed by atoms with Gasteiger partial charge in [-0.15, -0.1) is 0 Å². The highest BCUT2D eigenvalue weighted by atomic mass is 32.2. The Labute approximate surface area is 151 Å². The topological polar surface area (TPSA) is 64.0 Å². The highest BCUT2D eigenvalue weighted by Crippen LogP contribution is 2.32. The molecule has 0 aliphatic carbocycles. The summed E-state index contributed by atoms with van der Waals surface area (Å²) < 4.78 is 13.8. The molecule has 1 aliphatic rings. The van der Waals surface area contributed by atoms with Crippen molar-refractivity contribution in [3.63, 3.8) is 0 Å². The van der Waals surface area contributed by atoms with Gasteiger partial charge in [-0.05, 0) is 38.3 Å². The van der Waals surface area contributed by atoms with E-state index in [9.17, 15) is 9.00 Å². The Kier molecular flexibility index (Phi) is 5.08. The van der Waals surface area contributed by atoms with Gasteiger partial charge in [0.05, 0.1) is 22.9 Å².